The zero-order valence-corrected chi connectivity index (χ0v) is 14.0. The van der Waals surface area contributed by atoms with Crippen LogP contribution in [0.15, 0.2) is 16.8 Å². The second-order valence-corrected chi connectivity index (χ2v) is 6.80. The summed E-state index contributed by atoms with van der Waals surface area (Å²) in [5.74, 6) is 0. The van der Waals surface area contributed by atoms with Crippen LogP contribution >= 0.6 is 11.3 Å². The summed E-state index contributed by atoms with van der Waals surface area (Å²) in [6.07, 6.45) is 14.2. The number of unbranched alkanes of at least 4 members (excludes halogenated alkanes) is 6. The Labute approximate surface area is 133 Å². The second-order valence-electron chi connectivity index (χ2n) is 6.02. The number of ether oxygens (including phenoxy) is 2. The van der Waals surface area contributed by atoms with Crippen molar-refractivity contribution in [2.24, 2.45) is 0 Å². The van der Waals surface area contributed by atoms with Crippen molar-refractivity contribution in [2.45, 2.75) is 76.9 Å². The fourth-order valence-electron chi connectivity index (χ4n) is 2.81. The van der Waals surface area contributed by atoms with E-state index in [0.29, 0.717) is 0 Å². The maximum atomic E-state index is 5.75. The van der Waals surface area contributed by atoms with Crippen molar-refractivity contribution in [3.63, 3.8) is 0 Å². The third-order valence-corrected chi connectivity index (χ3v) is 4.86. The number of aryl methyl sites for hydroxylation is 1. The van der Waals surface area contributed by atoms with Gasteiger partial charge in [-0.3, -0.25) is 0 Å². The maximum Gasteiger partial charge on any atom is 0.157 e. The highest BCUT2D eigenvalue weighted by atomic mass is 32.1. The Hall–Kier alpha value is -0.380. The highest BCUT2D eigenvalue weighted by Crippen LogP contribution is 2.15. The normalized spacial score (nSPS) is 19.0. The lowest BCUT2D eigenvalue weighted by Gasteiger charge is -2.22. The molecule has 0 aliphatic carbocycles. The van der Waals surface area contributed by atoms with Gasteiger partial charge in [-0.15, -0.1) is 0 Å². The lowest BCUT2D eigenvalue weighted by molar-refractivity contribution is -0.162. The molecule has 0 aromatic carbocycles. The molecule has 120 valence electrons. The minimum absolute atomic E-state index is 0.0934. The SMILES string of the molecule is c1cc(CCCCCCCCCOC2CCCCO2)cs1. The Morgan fingerprint density at radius 2 is 1.86 bits per heavy atom. The van der Waals surface area contributed by atoms with Crippen molar-refractivity contribution in [1.82, 2.24) is 0 Å². The van der Waals surface area contributed by atoms with E-state index in [0.717, 1.165) is 19.6 Å². The van der Waals surface area contributed by atoms with Gasteiger partial charge in [0.05, 0.1) is 0 Å². The lowest BCUT2D eigenvalue weighted by Crippen LogP contribution is -2.22. The quantitative estimate of drug-likeness (QED) is 0.498. The molecule has 0 saturated carbocycles. The van der Waals surface area contributed by atoms with Crippen molar-refractivity contribution in [1.29, 1.82) is 0 Å². The number of hydrogen-bond acceptors (Lipinski definition) is 3. The molecule has 0 radical (unpaired) electrons. The third kappa shape index (κ3) is 7.98. The first kappa shape index (κ1) is 17.0. The molecule has 1 aliphatic rings. The van der Waals surface area contributed by atoms with Crippen LogP contribution in [-0.4, -0.2) is 19.5 Å². The average Bonchev–Trinajstić information content (AvgIpc) is 3.03. The fourth-order valence-corrected chi connectivity index (χ4v) is 3.51. The van der Waals surface area contributed by atoms with Gasteiger partial charge in [0, 0.05) is 13.2 Å². The van der Waals surface area contributed by atoms with Gasteiger partial charge in [0.25, 0.3) is 0 Å². The highest BCUT2D eigenvalue weighted by Gasteiger charge is 2.13. The molecule has 1 aliphatic heterocycles. The van der Waals surface area contributed by atoms with Crippen LogP contribution in [0.1, 0.15) is 69.8 Å². The molecule has 21 heavy (non-hydrogen) atoms. The Balaban J connectivity index is 1.30. The van der Waals surface area contributed by atoms with E-state index in [1.54, 1.807) is 0 Å². The molecular formula is C18H30O2S. The van der Waals surface area contributed by atoms with Crippen LogP contribution in [-0.2, 0) is 15.9 Å². The van der Waals surface area contributed by atoms with Crippen LogP contribution in [0, 0.1) is 0 Å². The second kappa shape index (κ2) is 11.2. The number of hydrogen-bond donors (Lipinski definition) is 0. The van der Waals surface area contributed by atoms with Crippen molar-refractivity contribution < 1.29 is 9.47 Å². The monoisotopic (exact) mass is 310 g/mol. The third-order valence-electron chi connectivity index (χ3n) is 4.13. The topological polar surface area (TPSA) is 18.5 Å². The molecule has 0 N–H and O–H groups in total. The first-order chi connectivity index (χ1) is 10.4. The Morgan fingerprint density at radius 3 is 2.57 bits per heavy atom. The van der Waals surface area contributed by atoms with E-state index in [2.05, 4.69) is 16.8 Å². The van der Waals surface area contributed by atoms with Crippen LogP contribution in [0.5, 0.6) is 0 Å². The van der Waals surface area contributed by atoms with Crippen LogP contribution in [0.25, 0.3) is 0 Å². The molecular weight excluding hydrogens is 280 g/mol. The molecule has 1 fully saturated rings. The smallest absolute Gasteiger partial charge is 0.157 e. The summed E-state index contributed by atoms with van der Waals surface area (Å²) >= 11 is 1.81. The molecule has 2 heterocycles. The van der Waals surface area contributed by atoms with E-state index >= 15 is 0 Å². The van der Waals surface area contributed by atoms with E-state index in [1.165, 1.54) is 69.8 Å². The molecule has 1 aromatic heterocycles. The molecule has 2 nitrogen and oxygen atoms in total. The molecule has 1 aromatic rings. The lowest BCUT2D eigenvalue weighted by atomic mass is 10.1. The minimum Gasteiger partial charge on any atom is -0.353 e. The van der Waals surface area contributed by atoms with Crippen LogP contribution in [0.3, 0.4) is 0 Å². The van der Waals surface area contributed by atoms with E-state index in [4.69, 9.17) is 9.47 Å². The van der Waals surface area contributed by atoms with Gasteiger partial charge in [0.1, 0.15) is 0 Å². The van der Waals surface area contributed by atoms with Gasteiger partial charge in [-0.2, -0.15) is 11.3 Å². The predicted octanol–water partition coefficient (Wildman–Crippen LogP) is 5.56. The van der Waals surface area contributed by atoms with Crippen LogP contribution in [0.4, 0.5) is 0 Å². The van der Waals surface area contributed by atoms with Gasteiger partial charge >= 0.3 is 0 Å². The summed E-state index contributed by atoms with van der Waals surface area (Å²) in [4.78, 5) is 0. The van der Waals surface area contributed by atoms with Crippen molar-refractivity contribution >= 4 is 11.3 Å². The Morgan fingerprint density at radius 1 is 1.05 bits per heavy atom. The van der Waals surface area contributed by atoms with E-state index in [-0.39, 0.29) is 6.29 Å². The maximum absolute atomic E-state index is 5.75. The first-order valence-electron chi connectivity index (χ1n) is 8.69. The average molecular weight is 311 g/mol. The van der Waals surface area contributed by atoms with Crippen LogP contribution < -0.4 is 0 Å². The molecule has 0 spiro atoms. The molecule has 1 unspecified atom stereocenters. The summed E-state index contributed by atoms with van der Waals surface area (Å²) in [5.41, 5.74) is 1.52. The van der Waals surface area contributed by atoms with E-state index < -0.39 is 0 Å². The summed E-state index contributed by atoms with van der Waals surface area (Å²) in [6, 6.07) is 2.25. The largest absolute Gasteiger partial charge is 0.353 e. The predicted molar refractivity (Wildman–Crippen MR) is 89.9 cm³/mol. The summed E-state index contributed by atoms with van der Waals surface area (Å²) in [5, 5.41) is 4.45. The molecule has 0 bridgehead atoms. The molecule has 0 amide bonds. The number of rotatable bonds is 11. The Kier molecular flexibility index (Phi) is 9.07. The zero-order chi connectivity index (χ0) is 14.6. The van der Waals surface area contributed by atoms with Crippen molar-refractivity contribution in [3.05, 3.63) is 22.4 Å². The summed E-state index contributed by atoms with van der Waals surface area (Å²) in [7, 11) is 0. The summed E-state index contributed by atoms with van der Waals surface area (Å²) < 4.78 is 11.3. The molecule has 3 heteroatoms. The van der Waals surface area contributed by atoms with Crippen LogP contribution in [0.2, 0.25) is 0 Å². The Bertz CT molecular complexity index is 331. The molecule has 1 atom stereocenters. The summed E-state index contributed by atoms with van der Waals surface area (Å²) in [6.45, 7) is 1.76. The van der Waals surface area contributed by atoms with E-state index in [1.807, 2.05) is 11.3 Å². The van der Waals surface area contributed by atoms with E-state index in [9.17, 15) is 0 Å². The highest BCUT2D eigenvalue weighted by molar-refractivity contribution is 7.07. The standard InChI is InChI=1S/C18H30O2S/c1(2-4-6-10-17-12-15-21-16-17)3-5-8-13-19-18-11-7-9-14-20-18/h12,15-16,18H,1-11,13-14H2. The molecule has 1 saturated heterocycles. The first-order valence-corrected chi connectivity index (χ1v) is 9.64. The van der Waals surface area contributed by atoms with Gasteiger partial charge in [-0.25, -0.2) is 0 Å². The fraction of sp³-hybridized carbons (Fsp3) is 0.778. The van der Waals surface area contributed by atoms with Gasteiger partial charge < -0.3 is 9.47 Å². The van der Waals surface area contributed by atoms with Crippen molar-refractivity contribution in [3.8, 4) is 0 Å². The molecule has 2 rings (SSSR count). The zero-order valence-electron chi connectivity index (χ0n) is 13.2. The minimum atomic E-state index is 0.0934. The van der Waals surface area contributed by atoms with Crippen molar-refractivity contribution in [2.75, 3.05) is 13.2 Å². The van der Waals surface area contributed by atoms with Gasteiger partial charge in [0.15, 0.2) is 6.29 Å². The number of thiophene rings is 1. The van der Waals surface area contributed by atoms with Gasteiger partial charge in [-0.05, 0) is 60.9 Å². The van der Waals surface area contributed by atoms with Gasteiger partial charge in [-0.1, -0.05) is 32.1 Å². The van der Waals surface area contributed by atoms with Gasteiger partial charge in [0.2, 0.25) is 0 Å².